The van der Waals surface area contributed by atoms with Gasteiger partial charge in [-0.2, -0.15) is 0 Å². The molecule has 4 rings (SSSR count). The Labute approximate surface area is 184 Å². The van der Waals surface area contributed by atoms with Crippen LogP contribution in [-0.2, 0) is 25.9 Å². The first kappa shape index (κ1) is 21.2. The Bertz CT molecular complexity index is 1120. The van der Waals surface area contributed by atoms with Gasteiger partial charge in [0.25, 0.3) is 15.9 Å². The van der Waals surface area contributed by atoms with Crippen LogP contribution in [0.15, 0.2) is 44.5 Å². The van der Waals surface area contributed by atoms with Gasteiger partial charge < -0.3 is 14.0 Å². The number of aryl methyl sites for hydroxylation is 2. The molecule has 2 aromatic heterocycles. The lowest BCUT2D eigenvalue weighted by Gasteiger charge is -2.39. The van der Waals surface area contributed by atoms with Gasteiger partial charge in [-0.05, 0) is 51.4 Å². The molecule has 0 saturated heterocycles. The Hall–Kier alpha value is -2.01. The second-order valence-corrected chi connectivity index (χ2v) is 10.5. The summed E-state index contributed by atoms with van der Waals surface area (Å²) in [5.41, 5.74) is 0.125. The van der Waals surface area contributed by atoms with E-state index < -0.39 is 10.0 Å². The zero-order chi connectivity index (χ0) is 21.5. The molecule has 162 valence electrons. The number of aromatic nitrogens is 1. The molecule has 1 unspecified atom stereocenters. The molecule has 0 radical (unpaired) electrons. The van der Waals surface area contributed by atoms with Crippen LogP contribution in [0.25, 0.3) is 0 Å². The lowest BCUT2D eigenvalue weighted by Crippen LogP contribution is -2.44. The van der Waals surface area contributed by atoms with Crippen LogP contribution in [0.5, 0.6) is 0 Å². The van der Waals surface area contributed by atoms with Crippen molar-refractivity contribution in [1.82, 2.24) is 10.1 Å². The van der Waals surface area contributed by atoms with Crippen LogP contribution in [0.4, 0.5) is 5.88 Å². The van der Waals surface area contributed by atoms with Crippen LogP contribution in [0, 0.1) is 6.92 Å². The molecule has 0 spiro atoms. The Morgan fingerprint density at radius 1 is 1.37 bits per heavy atom. The van der Waals surface area contributed by atoms with E-state index in [1.165, 1.54) is 11.3 Å². The standard InChI is InChI=1S/C19H22ClN3O5S2/c1-12-17(20)18(28-21-12)22-30(24,25)16-6-9-29-15(16)5-8-19(23(2)3)7-4-13-14(10-19)27-11-26-13/h4,6-7,9,22H,5,8,10-11H2,1-3H3. The van der Waals surface area contributed by atoms with Gasteiger partial charge in [-0.15, -0.1) is 11.3 Å². The van der Waals surface area contributed by atoms with Gasteiger partial charge in [-0.3, -0.25) is 4.90 Å². The summed E-state index contributed by atoms with van der Waals surface area (Å²) in [5, 5.41) is 5.60. The third-order valence-electron chi connectivity index (χ3n) is 5.42. The number of hydrogen-bond donors (Lipinski definition) is 1. The summed E-state index contributed by atoms with van der Waals surface area (Å²) >= 11 is 7.46. The highest BCUT2D eigenvalue weighted by molar-refractivity contribution is 7.93. The molecule has 1 N–H and O–H groups in total. The van der Waals surface area contributed by atoms with Crippen molar-refractivity contribution in [1.29, 1.82) is 0 Å². The zero-order valence-electron chi connectivity index (χ0n) is 16.8. The lowest BCUT2D eigenvalue weighted by atomic mass is 9.84. The summed E-state index contributed by atoms with van der Waals surface area (Å²) in [7, 11) is 0.155. The molecule has 0 bridgehead atoms. The lowest BCUT2D eigenvalue weighted by molar-refractivity contribution is 0.0660. The van der Waals surface area contributed by atoms with Gasteiger partial charge >= 0.3 is 0 Å². The number of sulfonamides is 1. The van der Waals surface area contributed by atoms with Gasteiger partial charge in [0.1, 0.15) is 21.4 Å². The van der Waals surface area contributed by atoms with E-state index in [1.54, 1.807) is 18.4 Å². The molecule has 0 saturated carbocycles. The maximum Gasteiger partial charge on any atom is 0.265 e. The van der Waals surface area contributed by atoms with Crippen LogP contribution >= 0.6 is 22.9 Å². The summed E-state index contributed by atoms with van der Waals surface area (Å²) in [6.45, 7) is 1.87. The number of thiophene rings is 1. The van der Waals surface area contributed by atoms with Crippen molar-refractivity contribution < 1.29 is 22.4 Å². The van der Waals surface area contributed by atoms with Crippen molar-refractivity contribution in [3.63, 3.8) is 0 Å². The predicted octanol–water partition coefficient (Wildman–Crippen LogP) is 3.91. The third-order valence-corrected chi connectivity index (χ3v) is 8.39. The monoisotopic (exact) mass is 471 g/mol. The van der Waals surface area contributed by atoms with Crippen molar-refractivity contribution in [3.8, 4) is 0 Å². The van der Waals surface area contributed by atoms with Crippen molar-refractivity contribution in [2.24, 2.45) is 0 Å². The molecule has 11 heteroatoms. The van der Waals surface area contributed by atoms with Gasteiger partial charge in [0, 0.05) is 16.8 Å². The Morgan fingerprint density at radius 2 is 2.17 bits per heavy atom. The second kappa shape index (κ2) is 7.92. The highest BCUT2D eigenvalue weighted by Crippen LogP contribution is 2.39. The van der Waals surface area contributed by atoms with E-state index in [1.807, 2.05) is 20.2 Å². The predicted molar refractivity (Wildman–Crippen MR) is 114 cm³/mol. The van der Waals surface area contributed by atoms with E-state index in [9.17, 15) is 8.42 Å². The molecule has 2 aromatic rings. The molecule has 0 amide bonds. The quantitative estimate of drug-likeness (QED) is 0.654. The summed E-state index contributed by atoms with van der Waals surface area (Å²) in [6.07, 6.45) is 6.00. The van der Waals surface area contributed by atoms with E-state index >= 15 is 0 Å². The summed E-state index contributed by atoms with van der Waals surface area (Å²) in [5.74, 6) is 1.53. The average Bonchev–Trinajstić information content (AvgIpc) is 3.42. The van der Waals surface area contributed by atoms with E-state index in [2.05, 4.69) is 20.9 Å². The minimum absolute atomic E-state index is 0.0795. The molecule has 0 aromatic carbocycles. The Balaban J connectivity index is 1.53. The number of allylic oxidation sites excluding steroid dienone is 1. The highest BCUT2D eigenvalue weighted by atomic mass is 35.5. The Kier molecular flexibility index (Phi) is 5.60. The second-order valence-electron chi connectivity index (χ2n) is 7.43. The van der Waals surface area contributed by atoms with Crippen LogP contribution in [0.2, 0.25) is 5.02 Å². The molecule has 1 aliphatic heterocycles. The number of nitrogens with one attached hydrogen (secondary N) is 1. The number of hydrogen-bond acceptors (Lipinski definition) is 8. The molecule has 2 aliphatic rings. The number of halogens is 1. The summed E-state index contributed by atoms with van der Waals surface area (Å²) < 4.78 is 44.3. The van der Waals surface area contributed by atoms with Crippen LogP contribution in [0.3, 0.4) is 0 Å². The molecule has 0 fully saturated rings. The van der Waals surface area contributed by atoms with Gasteiger partial charge in [-0.1, -0.05) is 22.8 Å². The van der Waals surface area contributed by atoms with E-state index in [0.29, 0.717) is 25.0 Å². The molecule has 30 heavy (non-hydrogen) atoms. The van der Waals surface area contributed by atoms with Crippen molar-refractivity contribution >= 4 is 38.8 Å². The maximum atomic E-state index is 12.9. The van der Waals surface area contributed by atoms with Gasteiger partial charge in [0.05, 0.1) is 0 Å². The minimum atomic E-state index is -3.86. The largest absolute Gasteiger partial charge is 0.458 e. The molecular formula is C19H22ClN3O5S2. The summed E-state index contributed by atoms with van der Waals surface area (Å²) in [4.78, 5) is 3.10. The fourth-order valence-corrected chi connectivity index (χ4v) is 6.19. The molecule has 1 aliphatic carbocycles. The first-order valence-electron chi connectivity index (χ1n) is 9.28. The fourth-order valence-electron chi connectivity index (χ4n) is 3.54. The van der Waals surface area contributed by atoms with Crippen LogP contribution in [0.1, 0.15) is 23.4 Å². The summed E-state index contributed by atoms with van der Waals surface area (Å²) in [6, 6.07) is 1.59. The number of rotatable bonds is 7. The smallest absolute Gasteiger partial charge is 0.265 e. The number of likely N-dealkylation sites (N-methyl/N-ethyl adjacent to an activating group) is 1. The topological polar surface area (TPSA) is 93.9 Å². The van der Waals surface area contributed by atoms with E-state index in [4.69, 9.17) is 25.6 Å². The first-order valence-corrected chi connectivity index (χ1v) is 12.0. The average molecular weight is 472 g/mol. The third kappa shape index (κ3) is 3.84. The van der Waals surface area contributed by atoms with E-state index in [-0.39, 0.29) is 28.1 Å². The van der Waals surface area contributed by atoms with Crippen LogP contribution in [-0.4, -0.2) is 44.9 Å². The fraction of sp³-hybridized carbons (Fsp3) is 0.421. The first-order chi connectivity index (χ1) is 14.2. The Morgan fingerprint density at radius 3 is 2.87 bits per heavy atom. The van der Waals surface area contributed by atoms with Crippen molar-refractivity contribution in [3.05, 3.63) is 50.7 Å². The number of ether oxygens (including phenoxy) is 2. The number of nitrogens with zero attached hydrogens (tertiary/aromatic N) is 2. The molecular weight excluding hydrogens is 450 g/mol. The van der Waals surface area contributed by atoms with E-state index in [0.717, 1.165) is 16.4 Å². The maximum absolute atomic E-state index is 12.9. The van der Waals surface area contributed by atoms with Gasteiger partial charge in [-0.25, -0.2) is 13.1 Å². The van der Waals surface area contributed by atoms with Crippen LogP contribution < -0.4 is 4.72 Å². The molecule has 8 nitrogen and oxygen atoms in total. The van der Waals surface area contributed by atoms with Gasteiger partial charge in [0.15, 0.2) is 5.76 Å². The zero-order valence-corrected chi connectivity index (χ0v) is 19.2. The normalized spacial score (nSPS) is 21.0. The van der Waals surface area contributed by atoms with Gasteiger partial charge in [0.2, 0.25) is 6.79 Å². The molecule has 1 atom stereocenters. The molecule has 3 heterocycles. The van der Waals surface area contributed by atoms with Crippen molar-refractivity contribution in [2.45, 2.75) is 36.6 Å². The minimum Gasteiger partial charge on any atom is -0.458 e. The SMILES string of the molecule is Cc1noc(NS(=O)(=O)c2ccsc2CCC2(N(C)C)C=CC3=C(C2)OCO3)c1Cl. The highest BCUT2D eigenvalue weighted by Gasteiger charge is 2.37. The number of anilines is 1. The van der Waals surface area contributed by atoms with Crippen molar-refractivity contribution in [2.75, 3.05) is 25.6 Å².